The maximum absolute atomic E-state index is 11.3. The van der Waals surface area contributed by atoms with Gasteiger partial charge in [-0.15, -0.1) is 0 Å². The molecule has 14 heteroatoms. The summed E-state index contributed by atoms with van der Waals surface area (Å²) < 4.78 is 0. The Morgan fingerprint density at radius 1 is 0.675 bits per heavy atom. The first-order valence-electron chi connectivity index (χ1n) is 10.9. The zero-order chi connectivity index (χ0) is 28.4. The monoisotopic (exact) mass is 660 g/mol. The maximum atomic E-state index is 11.3. The van der Waals surface area contributed by atoms with Gasteiger partial charge >= 0.3 is 0 Å². The van der Waals surface area contributed by atoms with Gasteiger partial charge in [-0.2, -0.15) is 0 Å². The van der Waals surface area contributed by atoms with Gasteiger partial charge < -0.3 is 42.0 Å². The zero-order valence-electron chi connectivity index (χ0n) is 23.4. The van der Waals surface area contributed by atoms with Crippen LogP contribution in [-0.2, 0) is 63.1 Å². The van der Waals surface area contributed by atoms with Gasteiger partial charge in [-0.1, -0.05) is 24.3 Å². The number of hydrogen-bond donors (Lipinski definition) is 6. The number of carbonyl (C=O) groups is 4. The van der Waals surface area contributed by atoms with Crippen LogP contribution in [0.2, 0.25) is 0 Å². The molecule has 0 radical (unpaired) electrons. The molecule has 12 N–H and O–H groups in total. The molecule has 0 aromatic rings. The van der Waals surface area contributed by atoms with E-state index in [1.165, 1.54) is 12.2 Å². The average molecular weight is 662 g/mol. The number of aliphatic hydroxyl groups is 2. The third-order valence-electron chi connectivity index (χ3n) is 3.87. The summed E-state index contributed by atoms with van der Waals surface area (Å²) >= 11 is 0. The molecule has 0 aromatic heterocycles. The third-order valence-corrected chi connectivity index (χ3v) is 3.87. The van der Waals surface area contributed by atoms with E-state index in [0.717, 1.165) is 13.8 Å². The summed E-state index contributed by atoms with van der Waals surface area (Å²) in [6.45, 7) is 9.64. The SMILES string of the molecule is CC(=O)O.CC(=O)O.CC(C)(CO)NC=C1C=CC=CC1=O.CC(C)(CO)NC=C1C=CC=CC1=O.[Ni].[Ni].[OH3+].[OH3+]. The maximum Gasteiger partial charge on any atom is 0.300 e. The molecule has 236 valence electrons. The Balaban J connectivity index is -0.000000106. The van der Waals surface area contributed by atoms with Crippen LogP contribution in [0.15, 0.2) is 72.2 Å². The van der Waals surface area contributed by atoms with Crippen LogP contribution in [0.5, 0.6) is 0 Å². The molecule has 0 unspecified atom stereocenters. The standard InChI is InChI=1S/2C11H15NO2.2C2H4O2.2Ni.2H2O/c2*1-11(2,8-13)12-7-9-5-3-4-6-10(9)14;2*1-2(3)4;;;;/h2*3-7,12-13H,8H2,1-2H3;2*1H3,(H,3,4);;;2*1H2/p+2. The normalized spacial score (nSPS) is 14.6. The first kappa shape index (κ1) is 50.0. The number of carboxylic acids is 2. The van der Waals surface area contributed by atoms with Crippen LogP contribution in [0.4, 0.5) is 0 Å². The van der Waals surface area contributed by atoms with Crippen molar-refractivity contribution in [3.05, 3.63) is 72.2 Å². The molecule has 2 aliphatic carbocycles. The number of carbonyl (C=O) groups excluding carboxylic acids is 2. The average Bonchev–Trinajstić information content (AvgIpc) is 2.78. The third kappa shape index (κ3) is 29.7. The first-order chi connectivity index (χ1) is 16.6. The van der Waals surface area contributed by atoms with Crippen molar-refractivity contribution in [3.8, 4) is 0 Å². The van der Waals surface area contributed by atoms with Gasteiger partial charge in [0.15, 0.2) is 11.6 Å². The van der Waals surface area contributed by atoms with Crippen LogP contribution in [0.1, 0.15) is 41.5 Å². The smallest absolute Gasteiger partial charge is 0.300 e. The van der Waals surface area contributed by atoms with E-state index in [2.05, 4.69) is 10.6 Å². The molecule has 2 rings (SSSR count). The van der Waals surface area contributed by atoms with Crippen molar-refractivity contribution in [2.75, 3.05) is 13.2 Å². The largest absolute Gasteiger partial charge is 0.481 e. The quantitative estimate of drug-likeness (QED) is 0.128. The number of hydrogen-bond acceptors (Lipinski definition) is 8. The minimum Gasteiger partial charge on any atom is -0.481 e. The number of aliphatic carboxylic acids is 2. The molecule has 0 fully saturated rings. The van der Waals surface area contributed by atoms with E-state index in [9.17, 15) is 9.59 Å². The number of allylic oxidation sites excluding steroid dienone is 10. The van der Waals surface area contributed by atoms with E-state index in [1.807, 2.05) is 27.7 Å². The molecule has 0 saturated heterocycles. The van der Waals surface area contributed by atoms with E-state index in [1.54, 1.807) is 48.9 Å². The molecule has 40 heavy (non-hydrogen) atoms. The second-order valence-electron chi connectivity index (χ2n) is 8.78. The zero-order valence-corrected chi connectivity index (χ0v) is 25.4. The molecule has 0 aliphatic heterocycles. The number of aliphatic hydroxyl groups excluding tert-OH is 2. The summed E-state index contributed by atoms with van der Waals surface area (Å²) in [6, 6.07) is 0. The summed E-state index contributed by atoms with van der Waals surface area (Å²) in [4.78, 5) is 40.6. The Kier molecular flexibility index (Phi) is 33.0. The van der Waals surface area contributed by atoms with Crippen LogP contribution in [0.3, 0.4) is 0 Å². The van der Waals surface area contributed by atoms with Crippen molar-refractivity contribution in [1.82, 2.24) is 10.6 Å². The molecular formula is C26H44N2Ni2O10+2. The van der Waals surface area contributed by atoms with Crippen molar-refractivity contribution in [1.29, 1.82) is 0 Å². The summed E-state index contributed by atoms with van der Waals surface area (Å²) in [6.07, 6.45) is 16.8. The molecule has 12 nitrogen and oxygen atoms in total. The van der Waals surface area contributed by atoms with E-state index in [-0.39, 0.29) is 68.7 Å². The van der Waals surface area contributed by atoms with E-state index in [4.69, 9.17) is 30.0 Å². The summed E-state index contributed by atoms with van der Waals surface area (Å²) in [5.41, 5.74) is 0.410. The molecule has 0 saturated carbocycles. The van der Waals surface area contributed by atoms with E-state index < -0.39 is 23.0 Å². The number of carboxylic acid groups (broad SMARTS) is 2. The number of nitrogens with one attached hydrogen (secondary N) is 2. The minimum atomic E-state index is -0.833. The first-order valence-corrected chi connectivity index (χ1v) is 10.9. The fraction of sp³-hybridized carbons (Fsp3) is 0.385. The second kappa shape index (κ2) is 26.4. The van der Waals surface area contributed by atoms with E-state index in [0.29, 0.717) is 11.1 Å². The predicted octanol–water partition coefficient (Wildman–Crippen LogP) is 0.185. The van der Waals surface area contributed by atoms with Crippen molar-refractivity contribution >= 4 is 23.5 Å². The van der Waals surface area contributed by atoms with Gasteiger partial charge in [-0.25, -0.2) is 0 Å². The van der Waals surface area contributed by atoms with Gasteiger partial charge in [0.1, 0.15) is 0 Å². The fourth-order valence-corrected chi connectivity index (χ4v) is 1.84. The van der Waals surface area contributed by atoms with Crippen molar-refractivity contribution < 1.29 is 83.5 Å². The molecule has 0 spiro atoms. The summed E-state index contributed by atoms with van der Waals surface area (Å²) in [7, 11) is 0. The molecule has 0 amide bonds. The van der Waals surface area contributed by atoms with Gasteiger partial charge in [0.25, 0.3) is 11.9 Å². The van der Waals surface area contributed by atoms with Crippen molar-refractivity contribution in [2.45, 2.75) is 52.6 Å². The Morgan fingerprint density at radius 3 is 1.10 bits per heavy atom. The molecule has 0 aromatic carbocycles. The fourth-order valence-electron chi connectivity index (χ4n) is 1.84. The van der Waals surface area contributed by atoms with E-state index >= 15 is 0 Å². The minimum absolute atomic E-state index is 0. The van der Waals surface area contributed by atoms with Crippen molar-refractivity contribution in [3.63, 3.8) is 0 Å². The predicted molar refractivity (Wildman–Crippen MR) is 148 cm³/mol. The summed E-state index contributed by atoms with van der Waals surface area (Å²) in [5, 5.41) is 38.8. The molecular weight excluding hydrogens is 618 g/mol. The molecule has 2 aliphatic rings. The van der Waals surface area contributed by atoms with Gasteiger partial charge in [-0.3, -0.25) is 19.2 Å². The van der Waals surface area contributed by atoms with Gasteiger partial charge in [-0.05, 0) is 52.0 Å². The Labute approximate surface area is 255 Å². The molecule has 0 atom stereocenters. The van der Waals surface area contributed by atoms with Crippen LogP contribution >= 0.6 is 0 Å². The van der Waals surface area contributed by atoms with Crippen molar-refractivity contribution in [2.24, 2.45) is 0 Å². The van der Waals surface area contributed by atoms with Crippen LogP contribution < -0.4 is 10.6 Å². The number of ketones is 2. The Bertz CT molecular complexity index is 867. The Hall–Kier alpha value is -2.85. The molecule has 0 heterocycles. The van der Waals surface area contributed by atoms with Gasteiger partial charge in [0, 0.05) is 70.4 Å². The topological polar surface area (TPSA) is 239 Å². The van der Waals surface area contributed by atoms with Gasteiger partial charge in [0.2, 0.25) is 0 Å². The Morgan fingerprint density at radius 2 is 0.900 bits per heavy atom. The summed E-state index contributed by atoms with van der Waals surface area (Å²) in [5.74, 6) is -1.71. The van der Waals surface area contributed by atoms with Crippen LogP contribution in [0, 0.1) is 0 Å². The molecule has 0 bridgehead atoms. The second-order valence-corrected chi connectivity index (χ2v) is 8.78. The number of rotatable bonds is 6. The van der Waals surface area contributed by atoms with Crippen LogP contribution in [-0.4, -0.2) is 68.2 Å². The van der Waals surface area contributed by atoms with Crippen LogP contribution in [0.25, 0.3) is 0 Å². The van der Waals surface area contributed by atoms with Gasteiger partial charge in [0.05, 0.1) is 24.3 Å².